The number of hydrogen-bond acceptors (Lipinski definition) is 3. The van der Waals surface area contributed by atoms with Crippen molar-refractivity contribution >= 4 is 44.4 Å². The summed E-state index contributed by atoms with van der Waals surface area (Å²) in [6.45, 7) is 4.47. The predicted molar refractivity (Wildman–Crippen MR) is 82.5 cm³/mol. The fraction of sp³-hybridized carbons (Fsp3) is 0.286. The monoisotopic (exact) mass is 357 g/mol. The quantitative estimate of drug-likeness (QED) is 0.788. The Kier molecular flexibility index (Phi) is 4.50. The van der Waals surface area contributed by atoms with E-state index in [0.29, 0.717) is 26.9 Å². The Morgan fingerprint density at radius 3 is 2.70 bits per heavy atom. The highest BCUT2D eigenvalue weighted by Crippen LogP contribution is 2.27. The molecule has 0 saturated carbocycles. The fourth-order valence-corrected chi connectivity index (χ4v) is 2.50. The molecule has 1 aromatic carbocycles. The number of halogens is 2. The van der Waals surface area contributed by atoms with Crippen molar-refractivity contribution in [2.24, 2.45) is 0 Å². The van der Waals surface area contributed by atoms with Crippen LogP contribution in [0.25, 0.3) is 10.9 Å². The van der Waals surface area contributed by atoms with Gasteiger partial charge in [0, 0.05) is 22.6 Å². The number of fused-ring (bicyclic) bond motifs is 1. The molecule has 106 valence electrons. The van der Waals surface area contributed by atoms with Gasteiger partial charge in [-0.1, -0.05) is 11.6 Å². The van der Waals surface area contributed by atoms with Gasteiger partial charge in [0.15, 0.2) is 0 Å². The fourth-order valence-electron chi connectivity index (χ4n) is 2.00. The van der Waals surface area contributed by atoms with Crippen LogP contribution < -0.4 is 5.43 Å². The second-order valence-electron chi connectivity index (χ2n) is 4.16. The molecule has 0 atom stereocenters. The minimum atomic E-state index is -0.604. The normalized spacial score (nSPS) is 10.8. The first kappa shape index (κ1) is 15.1. The van der Waals surface area contributed by atoms with E-state index in [2.05, 4.69) is 15.9 Å². The topological polar surface area (TPSA) is 48.3 Å². The Bertz CT molecular complexity index is 739. The van der Waals surface area contributed by atoms with Gasteiger partial charge in [0.1, 0.15) is 5.56 Å². The van der Waals surface area contributed by atoms with Crippen molar-refractivity contribution in [2.75, 3.05) is 6.61 Å². The lowest BCUT2D eigenvalue weighted by Gasteiger charge is -2.12. The summed E-state index contributed by atoms with van der Waals surface area (Å²) in [6.07, 6.45) is 1.52. The zero-order chi connectivity index (χ0) is 14.9. The van der Waals surface area contributed by atoms with Gasteiger partial charge in [0.25, 0.3) is 0 Å². The molecule has 20 heavy (non-hydrogen) atoms. The molecule has 6 heteroatoms. The van der Waals surface area contributed by atoms with Crippen LogP contribution in [0.3, 0.4) is 0 Å². The number of esters is 1. The Morgan fingerprint density at radius 2 is 2.10 bits per heavy atom. The van der Waals surface area contributed by atoms with Crippen molar-refractivity contribution in [3.8, 4) is 0 Å². The Labute approximate surface area is 129 Å². The van der Waals surface area contributed by atoms with E-state index >= 15 is 0 Å². The Balaban J connectivity index is 2.81. The summed E-state index contributed by atoms with van der Waals surface area (Å²) >= 11 is 9.36. The molecule has 0 aliphatic carbocycles. The summed E-state index contributed by atoms with van der Waals surface area (Å²) in [5.41, 5.74) is 0.384. The molecule has 0 bridgehead atoms. The molecule has 0 N–H and O–H groups in total. The smallest absolute Gasteiger partial charge is 0.343 e. The molecule has 1 aromatic heterocycles. The molecule has 0 aliphatic rings. The van der Waals surface area contributed by atoms with Gasteiger partial charge in [-0.15, -0.1) is 0 Å². The highest BCUT2D eigenvalue weighted by atomic mass is 79.9. The van der Waals surface area contributed by atoms with E-state index in [1.54, 1.807) is 23.6 Å². The number of pyridine rings is 1. The van der Waals surface area contributed by atoms with Crippen LogP contribution >= 0.6 is 27.5 Å². The summed E-state index contributed by atoms with van der Waals surface area (Å²) in [7, 11) is 0. The molecule has 0 amide bonds. The summed E-state index contributed by atoms with van der Waals surface area (Å²) in [6, 6.07) is 3.34. The van der Waals surface area contributed by atoms with E-state index in [1.165, 1.54) is 6.20 Å². The van der Waals surface area contributed by atoms with Crippen molar-refractivity contribution in [1.82, 2.24) is 4.57 Å². The molecular weight excluding hydrogens is 346 g/mol. The van der Waals surface area contributed by atoms with Crippen LogP contribution in [-0.4, -0.2) is 17.1 Å². The number of rotatable bonds is 3. The molecular formula is C14H13BrClNO3. The minimum absolute atomic E-state index is 0.0374. The first-order chi connectivity index (χ1) is 9.49. The molecule has 0 fully saturated rings. The number of carbonyl (C=O) groups is 1. The molecule has 0 spiro atoms. The lowest BCUT2D eigenvalue weighted by Crippen LogP contribution is -2.20. The summed E-state index contributed by atoms with van der Waals surface area (Å²) < 4.78 is 7.35. The number of hydrogen-bond donors (Lipinski definition) is 0. The Morgan fingerprint density at radius 1 is 1.40 bits per heavy atom. The second-order valence-corrected chi connectivity index (χ2v) is 5.42. The van der Waals surface area contributed by atoms with Gasteiger partial charge >= 0.3 is 5.97 Å². The van der Waals surface area contributed by atoms with Crippen LogP contribution in [0, 0.1) is 0 Å². The van der Waals surface area contributed by atoms with E-state index in [9.17, 15) is 9.59 Å². The van der Waals surface area contributed by atoms with Gasteiger partial charge in [0.2, 0.25) is 5.43 Å². The molecule has 0 saturated heterocycles. The zero-order valence-corrected chi connectivity index (χ0v) is 13.4. The largest absolute Gasteiger partial charge is 0.462 e. The molecule has 0 radical (unpaired) electrons. The zero-order valence-electron chi connectivity index (χ0n) is 11.1. The Hall–Kier alpha value is -1.33. The van der Waals surface area contributed by atoms with Gasteiger partial charge in [-0.25, -0.2) is 4.79 Å². The maximum atomic E-state index is 12.4. The summed E-state index contributed by atoms with van der Waals surface area (Å²) in [4.78, 5) is 24.3. The van der Waals surface area contributed by atoms with Gasteiger partial charge in [-0.3, -0.25) is 4.79 Å². The van der Waals surface area contributed by atoms with Crippen molar-refractivity contribution in [1.29, 1.82) is 0 Å². The molecule has 0 unspecified atom stereocenters. The highest BCUT2D eigenvalue weighted by molar-refractivity contribution is 9.10. The second kappa shape index (κ2) is 5.97. The van der Waals surface area contributed by atoms with E-state index in [-0.39, 0.29) is 17.6 Å². The molecule has 2 aromatic rings. The first-order valence-electron chi connectivity index (χ1n) is 6.18. The summed E-state index contributed by atoms with van der Waals surface area (Å²) in [5.74, 6) is -0.604. The maximum Gasteiger partial charge on any atom is 0.343 e. The van der Waals surface area contributed by atoms with Crippen molar-refractivity contribution in [2.45, 2.75) is 20.4 Å². The number of nitrogens with zero attached hydrogens (tertiary/aromatic N) is 1. The summed E-state index contributed by atoms with van der Waals surface area (Å²) in [5, 5.41) is 0.955. The van der Waals surface area contributed by atoms with Gasteiger partial charge < -0.3 is 9.30 Å². The van der Waals surface area contributed by atoms with Crippen LogP contribution in [0.5, 0.6) is 0 Å². The molecule has 2 rings (SSSR count). The van der Waals surface area contributed by atoms with E-state index in [4.69, 9.17) is 16.3 Å². The predicted octanol–water partition coefficient (Wildman–Crippen LogP) is 3.61. The number of carbonyl (C=O) groups excluding carboxylic acids is 1. The van der Waals surface area contributed by atoms with Gasteiger partial charge in [-0.05, 0) is 41.9 Å². The average molecular weight is 359 g/mol. The van der Waals surface area contributed by atoms with Gasteiger partial charge in [-0.2, -0.15) is 0 Å². The van der Waals surface area contributed by atoms with Crippen molar-refractivity contribution in [3.63, 3.8) is 0 Å². The van der Waals surface area contributed by atoms with Crippen LogP contribution in [0.1, 0.15) is 24.2 Å². The molecule has 0 aliphatic heterocycles. The van der Waals surface area contributed by atoms with Crippen LogP contribution in [0.2, 0.25) is 5.02 Å². The lowest BCUT2D eigenvalue weighted by atomic mass is 10.1. The highest BCUT2D eigenvalue weighted by Gasteiger charge is 2.17. The lowest BCUT2D eigenvalue weighted by molar-refractivity contribution is 0.0524. The van der Waals surface area contributed by atoms with Crippen LogP contribution in [0.15, 0.2) is 27.6 Å². The molecule has 4 nitrogen and oxygen atoms in total. The standard InChI is InChI=1S/C14H13BrClNO3/c1-3-17-7-9(14(19)20-4-2)13(18)8-5-10(15)11(16)6-12(8)17/h5-7H,3-4H2,1-2H3. The van der Waals surface area contributed by atoms with Gasteiger partial charge in [0.05, 0.1) is 17.1 Å². The van der Waals surface area contributed by atoms with Crippen LogP contribution in [0.4, 0.5) is 0 Å². The van der Waals surface area contributed by atoms with Crippen molar-refractivity contribution < 1.29 is 9.53 Å². The minimum Gasteiger partial charge on any atom is -0.462 e. The third-order valence-corrected chi connectivity index (χ3v) is 4.16. The van der Waals surface area contributed by atoms with Crippen molar-refractivity contribution in [3.05, 3.63) is 43.6 Å². The number of aromatic nitrogens is 1. The number of ether oxygens (including phenoxy) is 1. The maximum absolute atomic E-state index is 12.4. The van der Waals surface area contributed by atoms with E-state index < -0.39 is 5.97 Å². The SMILES string of the molecule is CCOC(=O)c1cn(CC)c2cc(Cl)c(Br)cc2c1=O. The number of benzene rings is 1. The third kappa shape index (κ3) is 2.60. The number of aryl methyl sites for hydroxylation is 1. The van der Waals surface area contributed by atoms with E-state index in [0.717, 1.165) is 0 Å². The van der Waals surface area contributed by atoms with E-state index in [1.807, 2.05) is 6.92 Å². The van der Waals surface area contributed by atoms with Crippen LogP contribution in [-0.2, 0) is 11.3 Å². The first-order valence-corrected chi connectivity index (χ1v) is 7.36. The average Bonchev–Trinajstić information content (AvgIpc) is 2.42. The third-order valence-electron chi connectivity index (χ3n) is 2.96. The molecule has 1 heterocycles.